The Bertz CT molecular complexity index is 786. The number of rotatable bonds is 3. The van der Waals surface area contributed by atoms with E-state index in [4.69, 9.17) is 0 Å². The Morgan fingerprint density at radius 2 is 2.00 bits per heavy atom. The second kappa shape index (κ2) is 5.61. The van der Waals surface area contributed by atoms with Gasteiger partial charge < -0.3 is 4.90 Å². The zero-order valence-corrected chi connectivity index (χ0v) is 12.2. The lowest BCUT2D eigenvalue weighted by Gasteiger charge is -2.17. The minimum absolute atomic E-state index is 0.140. The molecular formula is C16H13FN2OS. The fourth-order valence-corrected chi connectivity index (χ4v) is 2.83. The van der Waals surface area contributed by atoms with Crippen LogP contribution in [-0.2, 0) is 6.54 Å². The molecule has 21 heavy (non-hydrogen) atoms. The van der Waals surface area contributed by atoms with Crippen LogP contribution >= 0.6 is 11.3 Å². The van der Waals surface area contributed by atoms with Crippen LogP contribution in [-0.4, -0.2) is 22.8 Å². The molecule has 0 saturated heterocycles. The van der Waals surface area contributed by atoms with E-state index >= 15 is 0 Å². The maximum absolute atomic E-state index is 13.8. The van der Waals surface area contributed by atoms with E-state index in [0.717, 1.165) is 5.69 Å². The van der Waals surface area contributed by atoms with E-state index in [1.165, 1.54) is 23.5 Å². The molecule has 0 N–H and O–H groups in total. The van der Waals surface area contributed by atoms with Crippen LogP contribution in [0.1, 0.15) is 16.1 Å². The van der Waals surface area contributed by atoms with Gasteiger partial charge in [-0.15, -0.1) is 11.3 Å². The molecule has 0 radical (unpaired) electrons. The van der Waals surface area contributed by atoms with Crippen LogP contribution in [0.5, 0.6) is 0 Å². The van der Waals surface area contributed by atoms with Crippen molar-refractivity contribution in [2.75, 3.05) is 7.05 Å². The SMILES string of the molecule is CN(Cc1cscn1)C(=O)c1ccc(F)c2ccccc12. The topological polar surface area (TPSA) is 33.2 Å². The van der Waals surface area contributed by atoms with E-state index in [9.17, 15) is 9.18 Å². The monoisotopic (exact) mass is 300 g/mol. The van der Waals surface area contributed by atoms with Gasteiger partial charge in [0.25, 0.3) is 5.91 Å². The van der Waals surface area contributed by atoms with E-state index in [-0.39, 0.29) is 11.7 Å². The maximum atomic E-state index is 13.8. The number of hydrogen-bond donors (Lipinski definition) is 0. The van der Waals surface area contributed by atoms with Gasteiger partial charge in [0.15, 0.2) is 0 Å². The van der Waals surface area contributed by atoms with Gasteiger partial charge in [0.1, 0.15) is 5.82 Å². The summed E-state index contributed by atoms with van der Waals surface area (Å²) < 4.78 is 13.8. The van der Waals surface area contributed by atoms with Crippen molar-refractivity contribution in [1.29, 1.82) is 0 Å². The summed E-state index contributed by atoms with van der Waals surface area (Å²) in [4.78, 5) is 18.3. The molecule has 1 amide bonds. The van der Waals surface area contributed by atoms with Crippen LogP contribution in [0.4, 0.5) is 4.39 Å². The van der Waals surface area contributed by atoms with Crippen molar-refractivity contribution in [3.8, 4) is 0 Å². The zero-order chi connectivity index (χ0) is 14.8. The molecule has 3 aromatic rings. The van der Waals surface area contributed by atoms with Crippen molar-refractivity contribution < 1.29 is 9.18 Å². The fraction of sp³-hybridized carbons (Fsp3) is 0.125. The summed E-state index contributed by atoms with van der Waals surface area (Å²) in [6.45, 7) is 0.439. The lowest BCUT2D eigenvalue weighted by Crippen LogP contribution is -2.26. The standard InChI is InChI=1S/C16H13FN2OS/c1-19(8-11-9-21-10-18-11)16(20)14-6-7-15(17)13-5-3-2-4-12(13)14/h2-7,9-10H,8H2,1H3. The van der Waals surface area contributed by atoms with Crippen LogP contribution in [0.25, 0.3) is 10.8 Å². The van der Waals surface area contributed by atoms with Crippen LogP contribution in [0, 0.1) is 5.82 Å². The molecule has 2 aromatic carbocycles. The van der Waals surface area contributed by atoms with Gasteiger partial charge in [0.2, 0.25) is 0 Å². The van der Waals surface area contributed by atoms with Crippen LogP contribution < -0.4 is 0 Å². The van der Waals surface area contributed by atoms with Gasteiger partial charge in [0, 0.05) is 23.4 Å². The molecule has 0 atom stereocenters. The van der Waals surface area contributed by atoms with E-state index in [1.54, 1.807) is 41.7 Å². The average molecular weight is 300 g/mol. The number of amides is 1. The molecule has 0 aliphatic carbocycles. The normalized spacial score (nSPS) is 10.8. The highest BCUT2D eigenvalue weighted by molar-refractivity contribution is 7.07. The molecule has 0 saturated carbocycles. The number of benzene rings is 2. The number of halogens is 1. The number of nitrogens with zero attached hydrogens (tertiary/aromatic N) is 2. The molecule has 3 rings (SSSR count). The fourth-order valence-electron chi connectivity index (χ4n) is 2.28. The Labute approximate surface area is 125 Å². The van der Waals surface area contributed by atoms with Gasteiger partial charge in [-0.05, 0) is 17.5 Å². The van der Waals surface area contributed by atoms with Crippen molar-refractivity contribution in [2.24, 2.45) is 0 Å². The summed E-state index contributed by atoms with van der Waals surface area (Å²) in [5.41, 5.74) is 3.09. The second-order valence-corrected chi connectivity index (χ2v) is 5.50. The van der Waals surface area contributed by atoms with Gasteiger partial charge in [-0.2, -0.15) is 0 Å². The Hall–Kier alpha value is -2.27. The number of carbonyl (C=O) groups excluding carboxylic acids is 1. The van der Waals surface area contributed by atoms with Gasteiger partial charge in [-0.25, -0.2) is 9.37 Å². The third-order valence-electron chi connectivity index (χ3n) is 3.33. The van der Waals surface area contributed by atoms with Crippen molar-refractivity contribution >= 4 is 28.0 Å². The summed E-state index contributed by atoms with van der Waals surface area (Å²) in [5, 5.41) is 3.00. The van der Waals surface area contributed by atoms with Gasteiger partial charge >= 0.3 is 0 Å². The van der Waals surface area contributed by atoms with Gasteiger partial charge in [-0.1, -0.05) is 24.3 Å². The summed E-state index contributed by atoms with van der Waals surface area (Å²) in [5.74, 6) is -0.455. The molecule has 0 bridgehead atoms. The van der Waals surface area contributed by atoms with Crippen molar-refractivity contribution in [3.05, 3.63) is 64.4 Å². The average Bonchev–Trinajstić information content (AvgIpc) is 3.00. The Morgan fingerprint density at radius 3 is 2.71 bits per heavy atom. The summed E-state index contributed by atoms with van der Waals surface area (Å²) in [7, 11) is 1.72. The molecule has 1 heterocycles. The molecule has 0 aliphatic rings. The Balaban J connectivity index is 1.96. The third-order valence-corrected chi connectivity index (χ3v) is 3.97. The molecule has 0 unspecified atom stereocenters. The number of carbonyl (C=O) groups is 1. The Kier molecular flexibility index (Phi) is 3.66. The van der Waals surface area contributed by atoms with Crippen molar-refractivity contribution in [1.82, 2.24) is 9.88 Å². The zero-order valence-electron chi connectivity index (χ0n) is 11.4. The summed E-state index contributed by atoms with van der Waals surface area (Å²) in [6, 6.07) is 9.89. The lowest BCUT2D eigenvalue weighted by molar-refractivity contribution is 0.0785. The minimum Gasteiger partial charge on any atom is -0.336 e. The highest BCUT2D eigenvalue weighted by atomic mass is 32.1. The van der Waals surface area contributed by atoms with Gasteiger partial charge in [-0.3, -0.25) is 4.79 Å². The van der Waals surface area contributed by atoms with E-state index in [0.29, 0.717) is 22.9 Å². The first-order valence-electron chi connectivity index (χ1n) is 6.46. The minimum atomic E-state index is -0.315. The number of thiazole rings is 1. The highest BCUT2D eigenvalue weighted by Crippen LogP contribution is 2.23. The quantitative estimate of drug-likeness (QED) is 0.739. The molecule has 0 aliphatic heterocycles. The molecule has 3 nitrogen and oxygen atoms in total. The molecule has 0 fully saturated rings. The summed E-state index contributed by atoms with van der Waals surface area (Å²) >= 11 is 1.49. The highest BCUT2D eigenvalue weighted by Gasteiger charge is 2.16. The van der Waals surface area contributed by atoms with E-state index in [2.05, 4.69) is 4.98 Å². The number of hydrogen-bond acceptors (Lipinski definition) is 3. The molecule has 1 aromatic heterocycles. The molecule has 5 heteroatoms. The number of fused-ring (bicyclic) bond motifs is 1. The molecule has 0 spiro atoms. The van der Waals surface area contributed by atoms with E-state index in [1.807, 2.05) is 5.38 Å². The van der Waals surface area contributed by atoms with Crippen LogP contribution in [0.2, 0.25) is 0 Å². The summed E-state index contributed by atoms with van der Waals surface area (Å²) in [6.07, 6.45) is 0. The largest absolute Gasteiger partial charge is 0.336 e. The number of aromatic nitrogens is 1. The second-order valence-electron chi connectivity index (χ2n) is 4.78. The first kappa shape index (κ1) is 13.7. The maximum Gasteiger partial charge on any atom is 0.254 e. The lowest BCUT2D eigenvalue weighted by atomic mass is 10.0. The predicted molar refractivity (Wildman–Crippen MR) is 81.8 cm³/mol. The van der Waals surface area contributed by atoms with Gasteiger partial charge in [0.05, 0.1) is 17.7 Å². The van der Waals surface area contributed by atoms with Crippen molar-refractivity contribution in [3.63, 3.8) is 0 Å². The first-order valence-corrected chi connectivity index (χ1v) is 7.41. The molecular weight excluding hydrogens is 287 g/mol. The van der Waals surface area contributed by atoms with Crippen molar-refractivity contribution in [2.45, 2.75) is 6.54 Å². The first-order chi connectivity index (χ1) is 10.2. The van der Waals surface area contributed by atoms with Crippen LogP contribution in [0.15, 0.2) is 47.3 Å². The predicted octanol–water partition coefficient (Wildman–Crippen LogP) is 3.71. The third kappa shape index (κ3) is 2.64. The molecule has 106 valence electrons. The smallest absolute Gasteiger partial charge is 0.254 e. The van der Waals surface area contributed by atoms with Crippen LogP contribution in [0.3, 0.4) is 0 Å². The van der Waals surface area contributed by atoms with E-state index < -0.39 is 0 Å². The Morgan fingerprint density at radius 1 is 1.24 bits per heavy atom.